The summed E-state index contributed by atoms with van der Waals surface area (Å²) in [6.45, 7) is 5.20. The van der Waals surface area contributed by atoms with Crippen LogP contribution in [-0.4, -0.2) is 23.8 Å². The summed E-state index contributed by atoms with van der Waals surface area (Å²) in [6.07, 6.45) is 4.60. The summed E-state index contributed by atoms with van der Waals surface area (Å²) >= 11 is 0. The molecule has 0 bridgehead atoms. The molecule has 0 aromatic heterocycles. The fourth-order valence-corrected chi connectivity index (χ4v) is 3.22. The number of nitrogens with one attached hydrogen (secondary N) is 1. The number of hydrogen-bond acceptors (Lipinski definition) is 2. The van der Waals surface area contributed by atoms with Gasteiger partial charge in [0.2, 0.25) is 0 Å². The van der Waals surface area contributed by atoms with Gasteiger partial charge in [0.05, 0.1) is 6.10 Å². The normalized spacial score (nSPS) is 26.3. The Bertz CT molecular complexity index is 363. The molecular formula is C17H27NO. The number of hydrogen-bond donors (Lipinski definition) is 2. The highest BCUT2D eigenvalue weighted by Gasteiger charge is 2.24. The molecule has 19 heavy (non-hydrogen) atoms. The molecule has 0 heterocycles. The molecule has 0 aliphatic heterocycles. The molecule has 106 valence electrons. The van der Waals surface area contributed by atoms with E-state index in [-0.39, 0.29) is 6.10 Å². The molecule has 2 nitrogen and oxygen atoms in total. The van der Waals surface area contributed by atoms with Gasteiger partial charge in [-0.25, -0.2) is 0 Å². The molecule has 2 heteroatoms. The van der Waals surface area contributed by atoms with Gasteiger partial charge in [0.1, 0.15) is 0 Å². The van der Waals surface area contributed by atoms with E-state index in [4.69, 9.17) is 0 Å². The van der Waals surface area contributed by atoms with Gasteiger partial charge in [-0.3, -0.25) is 0 Å². The Balaban J connectivity index is 1.94. The summed E-state index contributed by atoms with van der Waals surface area (Å²) in [5.74, 6) is 1.21. The molecule has 0 saturated heterocycles. The molecule has 1 fully saturated rings. The Kier molecular flexibility index (Phi) is 5.41. The third-order valence-electron chi connectivity index (χ3n) is 4.38. The Morgan fingerprint density at radius 3 is 2.58 bits per heavy atom. The monoisotopic (exact) mass is 261 g/mol. The van der Waals surface area contributed by atoms with E-state index in [2.05, 4.69) is 42.6 Å². The van der Waals surface area contributed by atoms with Crippen LogP contribution in [0.3, 0.4) is 0 Å². The van der Waals surface area contributed by atoms with Crippen LogP contribution in [0.15, 0.2) is 30.3 Å². The van der Waals surface area contributed by atoms with Crippen LogP contribution in [0.4, 0.5) is 0 Å². The van der Waals surface area contributed by atoms with Gasteiger partial charge < -0.3 is 10.4 Å². The molecule has 1 saturated carbocycles. The summed E-state index contributed by atoms with van der Waals surface area (Å²) < 4.78 is 0. The van der Waals surface area contributed by atoms with Gasteiger partial charge in [-0.05, 0) is 43.6 Å². The number of aliphatic hydroxyl groups is 1. The van der Waals surface area contributed by atoms with Crippen LogP contribution >= 0.6 is 0 Å². The summed E-state index contributed by atoms with van der Waals surface area (Å²) in [6, 6.07) is 11.2. The Morgan fingerprint density at radius 1 is 1.26 bits per heavy atom. The van der Waals surface area contributed by atoms with E-state index < -0.39 is 0 Å². The second-order valence-electron chi connectivity index (χ2n) is 6.12. The molecular weight excluding hydrogens is 234 g/mol. The SMILES string of the molecule is CC(O)CC(CNC1CCCC1C)c1ccccc1. The van der Waals surface area contributed by atoms with Crippen molar-refractivity contribution < 1.29 is 5.11 Å². The smallest absolute Gasteiger partial charge is 0.0518 e. The van der Waals surface area contributed by atoms with Crippen LogP contribution < -0.4 is 5.32 Å². The summed E-state index contributed by atoms with van der Waals surface area (Å²) in [7, 11) is 0. The lowest BCUT2D eigenvalue weighted by Gasteiger charge is -2.24. The fraction of sp³-hybridized carbons (Fsp3) is 0.647. The minimum atomic E-state index is -0.243. The van der Waals surface area contributed by atoms with E-state index >= 15 is 0 Å². The Labute approximate surface area is 117 Å². The van der Waals surface area contributed by atoms with E-state index in [1.54, 1.807) is 0 Å². The maximum Gasteiger partial charge on any atom is 0.0518 e. The van der Waals surface area contributed by atoms with Crippen molar-refractivity contribution in [2.75, 3.05) is 6.54 Å². The molecule has 4 unspecified atom stereocenters. The predicted octanol–water partition coefficient (Wildman–Crippen LogP) is 3.32. The predicted molar refractivity (Wildman–Crippen MR) is 80.3 cm³/mol. The van der Waals surface area contributed by atoms with Crippen molar-refractivity contribution in [1.82, 2.24) is 5.32 Å². The number of rotatable bonds is 6. The average Bonchev–Trinajstić information content (AvgIpc) is 2.81. The molecule has 0 amide bonds. The molecule has 1 aliphatic carbocycles. The lowest BCUT2D eigenvalue weighted by molar-refractivity contribution is 0.172. The van der Waals surface area contributed by atoms with E-state index in [0.717, 1.165) is 18.9 Å². The molecule has 1 aliphatic rings. The minimum Gasteiger partial charge on any atom is -0.393 e. The first-order valence-electron chi connectivity index (χ1n) is 7.63. The van der Waals surface area contributed by atoms with Gasteiger partial charge in [-0.15, -0.1) is 0 Å². The number of aliphatic hydroxyl groups excluding tert-OH is 1. The first kappa shape index (κ1) is 14.5. The van der Waals surface area contributed by atoms with E-state index in [9.17, 15) is 5.11 Å². The molecule has 0 spiro atoms. The third kappa shape index (κ3) is 4.32. The van der Waals surface area contributed by atoms with Crippen LogP contribution in [0.25, 0.3) is 0 Å². The second kappa shape index (κ2) is 7.06. The highest BCUT2D eigenvalue weighted by Crippen LogP contribution is 2.26. The van der Waals surface area contributed by atoms with E-state index in [1.165, 1.54) is 24.8 Å². The van der Waals surface area contributed by atoms with Gasteiger partial charge in [-0.1, -0.05) is 43.7 Å². The van der Waals surface area contributed by atoms with Crippen molar-refractivity contribution in [2.24, 2.45) is 5.92 Å². The molecule has 4 atom stereocenters. The largest absolute Gasteiger partial charge is 0.393 e. The summed E-state index contributed by atoms with van der Waals surface area (Å²) in [5.41, 5.74) is 1.33. The van der Waals surface area contributed by atoms with Crippen LogP contribution in [-0.2, 0) is 0 Å². The van der Waals surface area contributed by atoms with Gasteiger partial charge in [0.25, 0.3) is 0 Å². The Hall–Kier alpha value is -0.860. The highest BCUT2D eigenvalue weighted by atomic mass is 16.3. The standard InChI is InChI=1S/C17H27NO/c1-13-7-6-10-17(13)18-12-16(11-14(2)19)15-8-4-3-5-9-15/h3-5,8-9,13-14,16-19H,6-7,10-12H2,1-2H3. The maximum absolute atomic E-state index is 9.70. The lowest BCUT2D eigenvalue weighted by Crippen LogP contribution is -2.35. The average molecular weight is 261 g/mol. The second-order valence-corrected chi connectivity index (χ2v) is 6.12. The quantitative estimate of drug-likeness (QED) is 0.823. The lowest BCUT2D eigenvalue weighted by atomic mass is 9.92. The zero-order chi connectivity index (χ0) is 13.7. The van der Waals surface area contributed by atoms with Crippen molar-refractivity contribution in [1.29, 1.82) is 0 Å². The van der Waals surface area contributed by atoms with E-state index in [1.807, 2.05) is 6.92 Å². The van der Waals surface area contributed by atoms with Crippen molar-refractivity contribution >= 4 is 0 Å². The van der Waals surface area contributed by atoms with Crippen molar-refractivity contribution in [2.45, 2.75) is 57.6 Å². The van der Waals surface area contributed by atoms with Crippen molar-refractivity contribution in [3.8, 4) is 0 Å². The summed E-state index contributed by atoms with van der Waals surface area (Å²) in [4.78, 5) is 0. The van der Waals surface area contributed by atoms with Gasteiger partial charge in [0, 0.05) is 12.6 Å². The molecule has 1 aromatic rings. The van der Waals surface area contributed by atoms with E-state index in [0.29, 0.717) is 12.0 Å². The molecule has 2 rings (SSSR count). The van der Waals surface area contributed by atoms with Crippen molar-refractivity contribution in [3.63, 3.8) is 0 Å². The van der Waals surface area contributed by atoms with Crippen molar-refractivity contribution in [3.05, 3.63) is 35.9 Å². The zero-order valence-corrected chi connectivity index (χ0v) is 12.2. The topological polar surface area (TPSA) is 32.3 Å². The first-order valence-corrected chi connectivity index (χ1v) is 7.63. The summed E-state index contributed by atoms with van der Waals surface area (Å²) in [5, 5.41) is 13.4. The Morgan fingerprint density at radius 2 is 2.00 bits per heavy atom. The fourth-order valence-electron chi connectivity index (χ4n) is 3.22. The first-order chi connectivity index (χ1) is 9.16. The third-order valence-corrected chi connectivity index (χ3v) is 4.38. The van der Waals surface area contributed by atoms with Gasteiger partial charge in [0.15, 0.2) is 0 Å². The molecule has 1 aromatic carbocycles. The maximum atomic E-state index is 9.70. The number of benzene rings is 1. The van der Waals surface area contributed by atoms with Gasteiger partial charge in [-0.2, -0.15) is 0 Å². The van der Waals surface area contributed by atoms with Crippen LogP contribution in [0.2, 0.25) is 0 Å². The van der Waals surface area contributed by atoms with Crippen LogP contribution in [0, 0.1) is 5.92 Å². The zero-order valence-electron chi connectivity index (χ0n) is 12.2. The molecule has 2 N–H and O–H groups in total. The van der Waals surface area contributed by atoms with Gasteiger partial charge >= 0.3 is 0 Å². The highest BCUT2D eigenvalue weighted by molar-refractivity contribution is 5.20. The van der Waals surface area contributed by atoms with Crippen LogP contribution in [0.5, 0.6) is 0 Å². The molecule has 0 radical (unpaired) electrons. The minimum absolute atomic E-state index is 0.243. The van der Waals surface area contributed by atoms with Crippen LogP contribution in [0.1, 0.15) is 51.0 Å².